The minimum atomic E-state index is -0.271. The lowest BCUT2D eigenvalue weighted by Crippen LogP contribution is -3.00. The predicted octanol–water partition coefficient (Wildman–Crippen LogP) is 3.36. The van der Waals surface area contributed by atoms with Crippen LogP contribution >= 0.6 is 0 Å². The predicted molar refractivity (Wildman–Crippen MR) is 128 cm³/mol. The Hall–Kier alpha value is -3.06. The highest BCUT2D eigenvalue weighted by Crippen LogP contribution is 2.26. The summed E-state index contributed by atoms with van der Waals surface area (Å²) in [7, 11) is 6.02. The van der Waals surface area contributed by atoms with Crippen molar-refractivity contribution < 1.29 is 37.3 Å². The smallest absolute Gasteiger partial charge is 0.213 e. The monoisotopic (exact) mass is 554 g/mol. The maximum Gasteiger partial charge on any atom is 0.213 e. The molecule has 0 saturated carbocycles. The van der Waals surface area contributed by atoms with Gasteiger partial charge >= 0.3 is 0 Å². The molecule has 3 aromatic carbocycles. The quantitative estimate of drug-likeness (QED) is 0.271. The summed E-state index contributed by atoms with van der Waals surface area (Å²) in [5.74, 6) is -0.539. The van der Waals surface area contributed by atoms with E-state index in [1.165, 1.54) is 24.3 Å². The van der Waals surface area contributed by atoms with E-state index in [2.05, 4.69) is 52.0 Å². The third-order valence-corrected chi connectivity index (χ3v) is 5.52. The maximum atomic E-state index is 13.5. The molecule has 4 rings (SSSR count). The van der Waals surface area contributed by atoms with Gasteiger partial charge in [-0.2, -0.15) is 4.57 Å². The van der Waals surface area contributed by atoms with Crippen molar-refractivity contribution in [3.63, 3.8) is 0 Å². The number of hydrogen-bond acceptors (Lipinski definition) is 1. The summed E-state index contributed by atoms with van der Waals surface area (Å²) in [6, 6.07) is 25.4. The van der Waals surface area contributed by atoms with Crippen molar-refractivity contribution in [1.82, 2.24) is 0 Å². The number of benzene rings is 3. The zero-order chi connectivity index (χ0) is 22.7. The second kappa shape index (κ2) is 10.7. The van der Waals surface area contributed by atoms with E-state index in [4.69, 9.17) is 0 Å². The van der Waals surface area contributed by atoms with E-state index in [0.717, 1.165) is 39.3 Å². The van der Waals surface area contributed by atoms with Gasteiger partial charge in [0.05, 0.1) is 0 Å². The molecule has 1 heterocycles. The molecule has 0 fully saturated rings. The molecule has 1 aromatic heterocycles. The fourth-order valence-corrected chi connectivity index (χ4v) is 3.61. The summed E-state index contributed by atoms with van der Waals surface area (Å²) in [4.78, 5) is 2.06. The fourth-order valence-electron chi connectivity index (χ4n) is 3.61. The lowest BCUT2D eigenvalue weighted by Gasteiger charge is -2.11. The Morgan fingerprint density at radius 1 is 0.667 bits per heavy atom. The molecule has 168 valence electrons. The van der Waals surface area contributed by atoms with Crippen LogP contribution in [0.25, 0.3) is 34.5 Å². The number of hydrogen-bond donors (Lipinski definition) is 0. The Morgan fingerprint density at radius 2 is 1.21 bits per heavy atom. The van der Waals surface area contributed by atoms with Gasteiger partial charge in [-0.05, 0) is 71.3 Å². The van der Waals surface area contributed by atoms with Crippen molar-refractivity contribution in [3.8, 4) is 22.4 Å². The zero-order valence-corrected chi connectivity index (χ0v) is 20.9. The number of pyridine rings is 1. The van der Waals surface area contributed by atoms with Crippen molar-refractivity contribution in [2.24, 2.45) is 7.05 Å². The number of halogens is 3. The van der Waals surface area contributed by atoms with Crippen LogP contribution in [-0.2, 0) is 7.05 Å². The molecule has 0 saturated heterocycles. The highest BCUT2D eigenvalue weighted by molar-refractivity contribution is 5.74. The van der Waals surface area contributed by atoms with Crippen LogP contribution in [0.15, 0.2) is 84.9 Å². The van der Waals surface area contributed by atoms with Crippen LogP contribution in [0.4, 0.5) is 14.5 Å². The summed E-state index contributed by atoms with van der Waals surface area (Å²) in [5.41, 5.74) is 6.93. The number of anilines is 1. The van der Waals surface area contributed by atoms with E-state index in [1.807, 2.05) is 27.2 Å². The molecule has 4 aromatic rings. The van der Waals surface area contributed by atoms with E-state index >= 15 is 0 Å². The van der Waals surface area contributed by atoms with Crippen molar-refractivity contribution >= 4 is 17.8 Å². The summed E-state index contributed by atoms with van der Waals surface area (Å²) in [5, 5.41) is 0. The average Bonchev–Trinajstić information content (AvgIpc) is 2.80. The highest BCUT2D eigenvalue weighted by Gasteiger charge is 2.17. The normalized spacial score (nSPS) is 10.8. The Labute approximate surface area is 210 Å². The third kappa shape index (κ3) is 5.85. The summed E-state index contributed by atoms with van der Waals surface area (Å²) < 4.78 is 29.0. The van der Waals surface area contributed by atoms with Crippen LogP contribution in [0.2, 0.25) is 0 Å². The summed E-state index contributed by atoms with van der Waals surface area (Å²) in [6.45, 7) is 0. The molecule has 0 unspecified atom stereocenters. The van der Waals surface area contributed by atoms with Gasteiger partial charge < -0.3 is 28.9 Å². The molecule has 0 aliphatic rings. The standard InChI is InChI=1S/C28H25F2N2.HI/c1-31(2)26-15-4-20(5-16-26)6-17-27-18-23(21-7-11-24(29)12-8-21)19-28(32(27)3)22-9-13-25(30)14-10-22;/h4-19H,1-3H3;1H/q+1;/p-1. The number of nitrogens with zero attached hydrogens (tertiary/aromatic N) is 2. The van der Waals surface area contributed by atoms with E-state index in [9.17, 15) is 8.78 Å². The topological polar surface area (TPSA) is 7.12 Å². The molecular formula is C28H25F2IN2. The molecule has 33 heavy (non-hydrogen) atoms. The van der Waals surface area contributed by atoms with Gasteiger partial charge in [-0.15, -0.1) is 0 Å². The van der Waals surface area contributed by atoms with Crippen LogP contribution in [-0.4, -0.2) is 14.1 Å². The molecule has 5 heteroatoms. The second-order valence-corrected chi connectivity index (χ2v) is 7.95. The van der Waals surface area contributed by atoms with Gasteiger partial charge in [0.25, 0.3) is 0 Å². The van der Waals surface area contributed by atoms with E-state index in [-0.39, 0.29) is 35.6 Å². The van der Waals surface area contributed by atoms with Gasteiger partial charge in [0, 0.05) is 43.6 Å². The minimum absolute atomic E-state index is 0. The number of aromatic nitrogens is 1. The van der Waals surface area contributed by atoms with Crippen LogP contribution < -0.4 is 33.4 Å². The van der Waals surface area contributed by atoms with Gasteiger partial charge in [0.15, 0.2) is 0 Å². The molecule has 0 N–H and O–H groups in total. The zero-order valence-electron chi connectivity index (χ0n) is 18.8. The van der Waals surface area contributed by atoms with Crippen LogP contribution in [0, 0.1) is 11.6 Å². The Morgan fingerprint density at radius 3 is 1.76 bits per heavy atom. The van der Waals surface area contributed by atoms with Gasteiger partial charge in [0.1, 0.15) is 18.7 Å². The van der Waals surface area contributed by atoms with E-state index < -0.39 is 0 Å². The molecule has 0 radical (unpaired) electrons. The fraction of sp³-hybridized carbons (Fsp3) is 0.107. The first-order valence-electron chi connectivity index (χ1n) is 10.4. The first kappa shape index (κ1) is 24.6. The van der Waals surface area contributed by atoms with E-state index in [0.29, 0.717) is 0 Å². The molecule has 0 atom stereocenters. The SMILES string of the molecule is CN(C)c1ccc(C=Cc2cc(-c3ccc(F)cc3)cc(-c3ccc(F)cc3)[n+]2C)cc1.[I-]. The maximum absolute atomic E-state index is 13.5. The van der Waals surface area contributed by atoms with E-state index in [1.54, 1.807) is 24.3 Å². The summed E-state index contributed by atoms with van der Waals surface area (Å²) in [6.07, 6.45) is 4.13. The van der Waals surface area contributed by atoms with Gasteiger partial charge in [-0.25, -0.2) is 8.78 Å². The highest BCUT2D eigenvalue weighted by atomic mass is 127. The molecular weight excluding hydrogens is 529 g/mol. The van der Waals surface area contributed by atoms with Crippen molar-refractivity contribution in [3.05, 3.63) is 108 Å². The first-order chi connectivity index (χ1) is 15.4. The first-order valence-corrected chi connectivity index (χ1v) is 10.4. The molecule has 0 aliphatic heterocycles. The molecule has 0 bridgehead atoms. The van der Waals surface area contributed by atoms with Crippen LogP contribution in [0.5, 0.6) is 0 Å². The van der Waals surface area contributed by atoms with Crippen molar-refractivity contribution in [1.29, 1.82) is 0 Å². The second-order valence-electron chi connectivity index (χ2n) is 7.95. The molecule has 0 amide bonds. The van der Waals surface area contributed by atoms with Crippen molar-refractivity contribution in [2.75, 3.05) is 19.0 Å². The third-order valence-electron chi connectivity index (χ3n) is 5.52. The summed E-state index contributed by atoms with van der Waals surface area (Å²) >= 11 is 0. The van der Waals surface area contributed by atoms with Gasteiger partial charge in [0.2, 0.25) is 11.4 Å². The number of rotatable bonds is 5. The van der Waals surface area contributed by atoms with Crippen molar-refractivity contribution in [2.45, 2.75) is 0 Å². The average molecular weight is 554 g/mol. The molecule has 0 spiro atoms. The minimum Gasteiger partial charge on any atom is -1.00 e. The van der Waals surface area contributed by atoms with Crippen LogP contribution in [0.1, 0.15) is 11.3 Å². The van der Waals surface area contributed by atoms with Gasteiger partial charge in [-0.1, -0.05) is 24.3 Å². The molecule has 2 nitrogen and oxygen atoms in total. The Kier molecular flexibility index (Phi) is 7.97. The Bertz CT molecular complexity index is 1250. The lowest BCUT2D eigenvalue weighted by atomic mass is 10.0. The largest absolute Gasteiger partial charge is 1.00 e. The molecule has 0 aliphatic carbocycles. The lowest BCUT2D eigenvalue weighted by molar-refractivity contribution is -0.662. The van der Waals surface area contributed by atoms with Gasteiger partial charge in [-0.3, -0.25) is 0 Å². The Balaban J connectivity index is 0.00000306. The van der Waals surface area contributed by atoms with Crippen LogP contribution in [0.3, 0.4) is 0 Å².